The number of piperidine rings is 1. The van der Waals surface area contributed by atoms with Crippen LogP contribution in [0, 0.1) is 5.92 Å². The van der Waals surface area contributed by atoms with Crippen molar-refractivity contribution in [3.05, 3.63) is 18.2 Å². The van der Waals surface area contributed by atoms with Gasteiger partial charge >= 0.3 is 0 Å². The third-order valence-corrected chi connectivity index (χ3v) is 3.53. The van der Waals surface area contributed by atoms with E-state index in [1.54, 1.807) is 0 Å². The molecule has 0 saturated carbocycles. The Morgan fingerprint density at radius 2 is 1.91 bits per heavy atom. The van der Waals surface area contributed by atoms with Gasteiger partial charge in [-0.2, -0.15) is 0 Å². The first kappa shape index (κ1) is 18.6. The molecule has 22 heavy (non-hydrogen) atoms. The fourth-order valence-electron chi connectivity index (χ4n) is 2.46. The summed E-state index contributed by atoms with van der Waals surface area (Å²) in [6, 6.07) is 5.52. The van der Waals surface area contributed by atoms with Crippen molar-refractivity contribution >= 4 is 24.0 Å². The van der Waals surface area contributed by atoms with E-state index in [4.69, 9.17) is 9.47 Å². The second-order valence-corrected chi connectivity index (χ2v) is 5.04. The van der Waals surface area contributed by atoms with Crippen LogP contribution in [0.1, 0.15) is 26.7 Å². The van der Waals surface area contributed by atoms with E-state index in [0.29, 0.717) is 24.7 Å². The topological polar surface area (TPSA) is 59.6 Å². The molecule has 1 amide bonds. The van der Waals surface area contributed by atoms with Crippen molar-refractivity contribution in [2.75, 3.05) is 31.6 Å². The predicted molar refractivity (Wildman–Crippen MR) is 90.3 cm³/mol. The Labute approximate surface area is 138 Å². The van der Waals surface area contributed by atoms with Crippen molar-refractivity contribution < 1.29 is 14.3 Å². The lowest BCUT2D eigenvalue weighted by Crippen LogP contribution is -2.34. The minimum absolute atomic E-state index is 0. The summed E-state index contributed by atoms with van der Waals surface area (Å²) in [5.41, 5.74) is 0.686. The number of anilines is 1. The van der Waals surface area contributed by atoms with Crippen LogP contribution in [0.15, 0.2) is 18.2 Å². The first-order valence-corrected chi connectivity index (χ1v) is 7.65. The molecule has 1 heterocycles. The highest BCUT2D eigenvalue weighted by Crippen LogP contribution is 2.30. The summed E-state index contributed by atoms with van der Waals surface area (Å²) in [7, 11) is 0. The van der Waals surface area contributed by atoms with Gasteiger partial charge in [0.2, 0.25) is 5.91 Å². The number of rotatable bonds is 6. The van der Waals surface area contributed by atoms with Crippen molar-refractivity contribution in [3.8, 4) is 11.5 Å². The van der Waals surface area contributed by atoms with Crippen LogP contribution in [0.4, 0.5) is 5.69 Å². The number of nitrogens with one attached hydrogen (secondary N) is 2. The zero-order chi connectivity index (χ0) is 15.1. The van der Waals surface area contributed by atoms with Crippen LogP contribution < -0.4 is 20.1 Å². The number of ether oxygens (including phenoxy) is 2. The van der Waals surface area contributed by atoms with Gasteiger partial charge in [-0.15, -0.1) is 12.4 Å². The molecule has 1 aliphatic rings. The van der Waals surface area contributed by atoms with Crippen molar-refractivity contribution in [2.45, 2.75) is 26.7 Å². The molecule has 1 fully saturated rings. The monoisotopic (exact) mass is 328 g/mol. The zero-order valence-corrected chi connectivity index (χ0v) is 14.0. The third kappa shape index (κ3) is 5.07. The van der Waals surface area contributed by atoms with E-state index in [9.17, 15) is 4.79 Å². The average molecular weight is 329 g/mol. The summed E-state index contributed by atoms with van der Waals surface area (Å²) in [6.07, 6.45) is 1.75. The highest BCUT2D eigenvalue weighted by molar-refractivity contribution is 5.94. The molecule has 0 unspecified atom stereocenters. The molecule has 124 valence electrons. The van der Waals surface area contributed by atoms with Gasteiger partial charge in [-0.05, 0) is 51.9 Å². The van der Waals surface area contributed by atoms with Gasteiger partial charge < -0.3 is 20.1 Å². The van der Waals surface area contributed by atoms with Gasteiger partial charge in [0.05, 0.1) is 18.9 Å². The third-order valence-electron chi connectivity index (χ3n) is 3.53. The van der Waals surface area contributed by atoms with Gasteiger partial charge in [0, 0.05) is 12.0 Å². The van der Waals surface area contributed by atoms with E-state index < -0.39 is 0 Å². The molecule has 0 atom stereocenters. The summed E-state index contributed by atoms with van der Waals surface area (Å²) >= 11 is 0. The van der Waals surface area contributed by atoms with Crippen LogP contribution in [-0.2, 0) is 4.79 Å². The van der Waals surface area contributed by atoms with E-state index >= 15 is 0 Å². The molecule has 1 aliphatic heterocycles. The quantitative estimate of drug-likeness (QED) is 0.843. The molecule has 0 bridgehead atoms. The van der Waals surface area contributed by atoms with Crippen molar-refractivity contribution in [2.24, 2.45) is 5.92 Å². The van der Waals surface area contributed by atoms with Gasteiger partial charge in [-0.25, -0.2) is 0 Å². The Morgan fingerprint density at radius 1 is 1.23 bits per heavy atom. The Balaban J connectivity index is 0.00000242. The summed E-state index contributed by atoms with van der Waals surface area (Å²) in [5, 5.41) is 6.26. The fourth-order valence-corrected chi connectivity index (χ4v) is 2.46. The van der Waals surface area contributed by atoms with Gasteiger partial charge in [0.25, 0.3) is 0 Å². The first-order valence-electron chi connectivity index (χ1n) is 7.65. The van der Waals surface area contributed by atoms with E-state index in [-0.39, 0.29) is 24.2 Å². The van der Waals surface area contributed by atoms with E-state index in [2.05, 4.69) is 10.6 Å². The Morgan fingerprint density at radius 3 is 2.55 bits per heavy atom. The standard InChI is InChI=1S/C16H24N2O3.ClH/c1-3-20-13-5-6-15(21-4-2)14(11-13)18-16(19)12-7-9-17-10-8-12;/h5-6,11-12,17H,3-4,7-10H2,1-2H3,(H,18,19);1H. The van der Waals surface area contributed by atoms with Crippen LogP contribution in [0.2, 0.25) is 0 Å². The largest absolute Gasteiger partial charge is 0.494 e. The van der Waals surface area contributed by atoms with E-state index in [1.807, 2.05) is 32.0 Å². The van der Waals surface area contributed by atoms with Crippen molar-refractivity contribution in [3.63, 3.8) is 0 Å². The molecule has 2 N–H and O–H groups in total. The molecular weight excluding hydrogens is 304 g/mol. The molecule has 2 rings (SSSR count). The first-order chi connectivity index (χ1) is 10.2. The van der Waals surface area contributed by atoms with E-state index in [1.165, 1.54) is 0 Å². The molecule has 0 aromatic heterocycles. The normalized spacial score (nSPS) is 14.8. The number of hydrogen-bond acceptors (Lipinski definition) is 4. The predicted octanol–water partition coefficient (Wildman–Crippen LogP) is 2.84. The number of carbonyl (C=O) groups excluding carboxylic acids is 1. The SMILES string of the molecule is CCOc1ccc(OCC)c(NC(=O)C2CCNCC2)c1.Cl. The highest BCUT2D eigenvalue weighted by atomic mass is 35.5. The van der Waals surface area contributed by atoms with E-state index in [0.717, 1.165) is 31.7 Å². The number of amides is 1. The molecule has 5 nitrogen and oxygen atoms in total. The van der Waals surface area contributed by atoms with Crippen LogP contribution in [0.5, 0.6) is 11.5 Å². The Bertz CT molecular complexity index is 476. The number of hydrogen-bond donors (Lipinski definition) is 2. The summed E-state index contributed by atoms with van der Waals surface area (Å²) in [6.45, 7) is 6.81. The van der Waals surface area contributed by atoms with Gasteiger partial charge in [0.15, 0.2) is 0 Å². The number of benzene rings is 1. The van der Waals surface area contributed by atoms with Crippen molar-refractivity contribution in [1.29, 1.82) is 0 Å². The maximum atomic E-state index is 12.4. The molecule has 1 aromatic carbocycles. The minimum atomic E-state index is 0. The number of halogens is 1. The van der Waals surface area contributed by atoms with Gasteiger partial charge in [-0.3, -0.25) is 4.79 Å². The molecule has 0 spiro atoms. The van der Waals surface area contributed by atoms with Gasteiger partial charge in [-0.1, -0.05) is 0 Å². The van der Waals surface area contributed by atoms with Crippen molar-refractivity contribution in [1.82, 2.24) is 5.32 Å². The molecular formula is C16H25ClN2O3. The molecule has 1 aromatic rings. The maximum absolute atomic E-state index is 12.4. The summed E-state index contributed by atoms with van der Waals surface area (Å²) < 4.78 is 11.1. The van der Waals surface area contributed by atoms with Crippen LogP contribution in [-0.4, -0.2) is 32.2 Å². The Hall–Kier alpha value is -1.46. The van der Waals surface area contributed by atoms with Crippen LogP contribution in [0.25, 0.3) is 0 Å². The second-order valence-electron chi connectivity index (χ2n) is 5.04. The van der Waals surface area contributed by atoms with Crippen LogP contribution >= 0.6 is 12.4 Å². The maximum Gasteiger partial charge on any atom is 0.227 e. The molecule has 1 saturated heterocycles. The number of carbonyl (C=O) groups is 1. The Kier molecular flexibility index (Phi) is 8.06. The van der Waals surface area contributed by atoms with Gasteiger partial charge in [0.1, 0.15) is 11.5 Å². The smallest absolute Gasteiger partial charge is 0.227 e. The lowest BCUT2D eigenvalue weighted by atomic mass is 9.97. The average Bonchev–Trinajstić information content (AvgIpc) is 2.51. The molecule has 0 aliphatic carbocycles. The summed E-state index contributed by atoms with van der Waals surface area (Å²) in [5.74, 6) is 1.55. The minimum Gasteiger partial charge on any atom is -0.494 e. The lowest BCUT2D eigenvalue weighted by molar-refractivity contribution is -0.120. The summed E-state index contributed by atoms with van der Waals surface area (Å²) in [4.78, 5) is 12.4. The molecule has 6 heteroatoms. The van der Waals surface area contributed by atoms with Crippen LogP contribution in [0.3, 0.4) is 0 Å². The fraction of sp³-hybridized carbons (Fsp3) is 0.562. The zero-order valence-electron chi connectivity index (χ0n) is 13.2. The highest BCUT2D eigenvalue weighted by Gasteiger charge is 2.22. The second kappa shape index (κ2) is 9.54. The lowest BCUT2D eigenvalue weighted by Gasteiger charge is -2.22. The molecule has 0 radical (unpaired) electrons.